The number of nitrogens with zero attached hydrogens (tertiary/aromatic N) is 3. The molecule has 0 aliphatic rings. The van der Waals surface area contributed by atoms with Gasteiger partial charge in [0, 0.05) is 16.6 Å². The molecule has 0 saturated carbocycles. The molecule has 5 heteroatoms. The van der Waals surface area contributed by atoms with Gasteiger partial charge in [-0.2, -0.15) is 5.10 Å². The summed E-state index contributed by atoms with van der Waals surface area (Å²) in [4.78, 5) is 4.07. The van der Waals surface area contributed by atoms with Crippen LogP contribution >= 0.6 is 23.2 Å². The lowest BCUT2D eigenvalue weighted by Gasteiger charge is -2.03. The first-order chi connectivity index (χ1) is 8.25. The van der Waals surface area contributed by atoms with Crippen molar-refractivity contribution in [2.45, 2.75) is 0 Å². The van der Waals surface area contributed by atoms with Gasteiger partial charge in [0.15, 0.2) is 0 Å². The summed E-state index contributed by atoms with van der Waals surface area (Å²) >= 11 is 12.0. The molecular formula is C12H7Cl2N3. The van der Waals surface area contributed by atoms with Crippen molar-refractivity contribution in [1.29, 1.82) is 0 Å². The summed E-state index contributed by atoms with van der Waals surface area (Å²) in [5.41, 5.74) is 1.75. The zero-order valence-electron chi connectivity index (χ0n) is 8.64. The molecule has 0 amide bonds. The Balaban J connectivity index is 2.28. The molecule has 0 aliphatic carbocycles. The summed E-state index contributed by atoms with van der Waals surface area (Å²) in [5.74, 6) is 0. The standard InChI is InChI=1S/C12H7Cl2N3/c13-8-2-1-3-9(4-8)17-12-7-15-6-11(14)10(12)5-16-17/h1-7H. The quantitative estimate of drug-likeness (QED) is 0.670. The van der Waals surface area contributed by atoms with Gasteiger partial charge in [-0.1, -0.05) is 29.3 Å². The predicted octanol–water partition coefficient (Wildman–Crippen LogP) is 3.73. The first kappa shape index (κ1) is 10.6. The van der Waals surface area contributed by atoms with Gasteiger partial charge in [-0.15, -0.1) is 0 Å². The Bertz CT molecular complexity index is 691. The summed E-state index contributed by atoms with van der Waals surface area (Å²) in [5, 5.41) is 6.44. The van der Waals surface area contributed by atoms with Crippen LogP contribution in [0.25, 0.3) is 16.6 Å². The molecule has 0 fully saturated rings. The van der Waals surface area contributed by atoms with Gasteiger partial charge in [-0.3, -0.25) is 4.98 Å². The van der Waals surface area contributed by atoms with E-state index in [0.717, 1.165) is 16.6 Å². The highest BCUT2D eigenvalue weighted by molar-refractivity contribution is 6.35. The summed E-state index contributed by atoms with van der Waals surface area (Å²) in [6.07, 6.45) is 5.06. The van der Waals surface area contributed by atoms with E-state index in [2.05, 4.69) is 10.1 Å². The van der Waals surface area contributed by atoms with E-state index in [1.54, 1.807) is 23.3 Å². The highest BCUT2D eigenvalue weighted by atomic mass is 35.5. The van der Waals surface area contributed by atoms with Crippen LogP contribution in [0.2, 0.25) is 10.0 Å². The third kappa shape index (κ3) is 1.77. The number of halogens is 2. The van der Waals surface area contributed by atoms with Crippen molar-refractivity contribution in [3.8, 4) is 5.69 Å². The van der Waals surface area contributed by atoms with Crippen molar-refractivity contribution in [2.24, 2.45) is 0 Å². The van der Waals surface area contributed by atoms with Crippen LogP contribution < -0.4 is 0 Å². The second-order valence-electron chi connectivity index (χ2n) is 3.59. The molecular weight excluding hydrogens is 257 g/mol. The predicted molar refractivity (Wildman–Crippen MR) is 68.9 cm³/mol. The zero-order chi connectivity index (χ0) is 11.8. The van der Waals surface area contributed by atoms with Gasteiger partial charge < -0.3 is 0 Å². The topological polar surface area (TPSA) is 30.7 Å². The number of benzene rings is 1. The summed E-state index contributed by atoms with van der Waals surface area (Å²) in [7, 11) is 0. The van der Waals surface area contributed by atoms with Gasteiger partial charge in [0.2, 0.25) is 0 Å². The molecule has 0 aliphatic heterocycles. The Morgan fingerprint density at radius 2 is 1.94 bits per heavy atom. The third-order valence-electron chi connectivity index (χ3n) is 2.50. The molecule has 2 aromatic heterocycles. The fourth-order valence-corrected chi connectivity index (χ4v) is 2.11. The Morgan fingerprint density at radius 3 is 2.76 bits per heavy atom. The van der Waals surface area contributed by atoms with Gasteiger partial charge in [-0.25, -0.2) is 4.68 Å². The Morgan fingerprint density at radius 1 is 1.06 bits per heavy atom. The average molecular weight is 264 g/mol. The van der Waals surface area contributed by atoms with Crippen molar-refractivity contribution in [3.63, 3.8) is 0 Å². The van der Waals surface area contributed by atoms with Gasteiger partial charge in [0.25, 0.3) is 0 Å². The maximum absolute atomic E-state index is 6.05. The molecule has 3 nitrogen and oxygen atoms in total. The van der Waals surface area contributed by atoms with Gasteiger partial charge in [0.1, 0.15) is 0 Å². The maximum atomic E-state index is 6.05. The van der Waals surface area contributed by atoms with E-state index in [4.69, 9.17) is 23.2 Å². The highest BCUT2D eigenvalue weighted by Gasteiger charge is 2.07. The number of hydrogen-bond donors (Lipinski definition) is 0. The minimum atomic E-state index is 0.593. The summed E-state index contributed by atoms with van der Waals surface area (Å²) in [6, 6.07) is 7.47. The molecule has 1 aromatic carbocycles. The lowest BCUT2D eigenvalue weighted by molar-refractivity contribution is 0.908. The maximum Gasteiger partial charge on any atom is 0.0939 e. The van der Waals surface area contributed by atoms with Crippen LogP contribution in [0.5, 0.6) is 0 Å². The largest absolute Gasteiger partial charge is 0.261 e. The first-order valence-electron chi connectivity index (χ1n) is 4.99. The van der Waals surface area contributed by atoms with Crippen LogP contribution in [0.1, 0.15) is 0 Å². The Hall–Kier alpha value is -1.58. The van der Waals surface area contributed by atoms with Crippen molar-refractivity contribution in [3.05, 3.63) is 52.9 Å². The zero-order valence-corrected chi connectivity index (χ0v) is 10.2. The van der Waals surface area contributed by atoms with E-state index in [1.165, 1.54) is 0 Å². The minimum Gasteiger partial charge on any atom is -0.261 e. The van der Waals surface area contributed by atoms with Gasteiger partial charge >= 0.3 is 0 Å². The molecule has 3 aromatic rings. The van der Waals surface area contributed by atoms with Crippen molar-refractivity contribution in [2.75, 3.05) is 0 Å². The lowest BCUT2D eigenvalue weighted by Crippen LogP contribution is -1.95. The monoisotopic (exact) mass is 263 g/mol. The smallest absolute Gasteiger partial charge is 0.0939 e. The fourth-order valence-electron chi connectivity index (χ4n) is 1.72. The van der Waals surface area contributed by atoms with Crippen LogP contribution in [0.3, 0.4) is 0 Å². The average Bonchev–Trinajstić information content (AvgIpc) is 2.74. The number of fused-ring (bicyclic) bond motifs is 1. The SMILES string of the molecule is Clc1cccc(-n2ncc3c(Cl)cncc32)c1. The molecule has 0 spiro atoms. The highest BCUT2D eigenvalue weighted by Crippen LogP contribution is 2.24. The van der Waals surface area contributed by atoms with Gasteiger partial charge in [0.05, 0.1) is 28.6 Å². The molecule has 17 heavy (non-hydrogen) atoms. The summed E-state index contributed by atoms with van der Waals surface area (Å²) in [6.45, 7) is 0. The van der Waals surface area contributed by atoms with Crippen LogP contribution in [-0.2, 0) is 0 Å². The van der Waals surface area contributed by atoms with E-state index >= 15 is 0 Å². The second kappa shape index (κ2) is 4.02. The van der Waals surface area contributed by atoms with Crippen molar-refractivity contribution < 1.29 is 0 Å². The van der Waals surface area contributed by atoms with E-state index in [0.29, 0.717) is 10.0 Å². The molecule has 3 rings (SSSR count). The van der Waals surface area contributed by atoms with E-state index in [-0.39, 0.29) is 0 Å². The number of rotatable bonds is 1. The lowest BCUT2D eigenvalue weighted by atomic mass is 10.3. The van der Waals surface area contributed by atoms with Crippen molar-refractivity contribution >= 4 is 34.1 Å². The van der Waals surface area contributed by atoms with Gasteiger partial charge in [-0.05, 0) is 18.2 Å². The second-order valence-corrected chi connectivity index (χ2v) is 4.43. The summed E-state index contributed by atoms with van der Waals surface area (Å²) < 4.78 is 1.76. The van der Waals surface area contributed by atoms with Crippen LogP contribution in [0.4, 0.5) is 0 Å². The normalized spacial score (nSPS) is 10.9. The molecule has 0 atom stereocenters. The Labute approximate surface area is 108 Å². The molecule has 0 bridgehead atoms. The molecule has 2 heterocycles. The van der Waals surface area contributed by atoms with Crippen LogP contribution in [0.15, 0.2) is 42.9 Å². The number of hydrogen-bond acceptors (Lipinski definition) is 2. The van der Waals surface area contributed by atoms with E-state index in [1.807, 2.05) is 24.3 Å². The number of pyridine rings is 1. The Kier molecular flexibility index (Phi) is 2.50. The van der Waals surface area contributed by atoms with E-state index in [9.17, 15) is 0 Å². The molecule has 0 N–H and O–H groups in total. The molecule has 84 valence electrons. The molecule has 0 unspecified atom stereocenters. The minimum absolute atomic E-state index is 0.593. The van der Waals surface area contributed by atoms with Crippen LogP contribution in [0, 0.1) is 0 Å². The van der Waals surface area contributed by atoms with Crippen LogP contribution in [-0.4, -0.2) is 14.8 Å². The molecule has 0 radical (unpaired) electrons. The first-order valence-corrected chi connectivity index (χ1v) is 5.74. The molecule has 0 saturated heterocycles. The fraction of sp³-hybridized carbons (Fsp3) is 0. The third-order valence-corrected chi connectivity index (χ3v) is 3.04. The number of aromatic nitrogens is 3. The van der Waals surface area contributed by atoms with Crippen molar-refractivity contribution in [1.82, 2.24) is 14.8 Å². The van der Waals surface area contributed by atoms with E-state index < -0.39 is 0 Å².